The van der Waals surface area contributed by atoms with E-state index in [9.17, 15) is 14.4 Å². The summed E-state index contributed by atoms with van der Waals surface area (Å²) in [6.07, 6.45) is 60.6. The van der Waals surface area contributed by atoms with E-state index in [0.717, 1.165) is 89.9 Å². The molecule has 0 heterocycles. The van der Waals surface area contributed by atoms with E-state index in [0.29, 0.717) is 19.3 Å². The Labute approximate surface area is 377 Å². The minimum atomic E-state index is -0.791. The summed E-state index contributed by atoms with van der Waals surface area (Å²) < 4.78 is 16.8. The van der Waals surface area contributed by atoms with Crippen LogP contribution in [-0.4, -0.2) is 37.2 Å². The zero-order valence-electron chi connectivity index (χ0n) is 40.2. The van der Waals surface area contributed by atoms with Crippen LogP contribution in [0.2, 0.25) is 0 Å². The van der Waals surface area contributed by atoms with E-state index in [4.69, 9.17) is 14.2 Å². The molecule has 352 valence electrons. The Morgan fingerprint density at radius 2 is 0.639 bits per heavy atom. The van der Waals surface area contributed by atoms with Crippen molar-refractivity contribution in [2.75, 3.05) is 13.2 Å². The van der Waals surface area contributed by atoms with E-state index < -0.39 is 6.10 Å². The number of hydrogen-bond acceptors (Lipinski definition) is 6. The van der Waals surface area contributed by atoms with Gasteiger partial charge in [0.05, 0.1) is 0 Å². The molecule has 0 aromatic carbocycles. The molecular formula is C55H96O6. The number of carbonyl (C=O) groups is 3. The van der Waals surface area contributed by atoms with Crippen LogP contribution >= 0.6 is 0 Å². The van der Waals surface area contributed by atoms with Crippen LogP contribution in [0.1, 0.15) is 252 Å². The molecule has 1 unspecified atom stereocenters. The van der Waals surface area contributed by atoms with E-state index in [1.807, 2.05) is 0 Å². The molecular weight excluding hydrogens is 757 g/mol. The van der Waals surface area contributed by atoms with Gasteiger partial charge in [0.1, 0.15) is 13.2 Å². The van der Waals surface area contributed by atoms with Gasteiger partial charge in [-0.25, -0.2) is 0 Å². The molecule has 0 amide bonds. The van der Waals surface area contributed by atoms with Gasteiger partial charge < -0.3 is 14.2 Å². The fourth-order valence-corrected chi connectivity index (χ4v) is 7.13. The molecule has 0 N–H and O–H groups in total. The minimum Gasteiger partial charge on any atom is -0.462 e. The van der Waals surface area contributed by atoms with E-state index in [1.54, 1.807) is 0 Å². The molecule has 0 saturated carbocycles. The highest BCUT2D eigenvalue weighted by Gasteiger charge is 2.19. The van der Waals surface area contributed by atoms with Crippen LogP contribution < -0.4 is 0 Å². The van der Waals surface area contributed by atoms with Crippen molar-refractivity contribution >= 4 is 17.9 Å². The van der Waals surface area contributed by atoms with Gasteiger partial charge in [-0.1, -0.05) is 210 Å². The number of carbonyl (C=O) groups excluding carboxylic acids is 3. The number of ether oxygens (including phenoxy) is 3. The Bertz CT molecular complexity index is 1120. The first-order valence-electron chi connectivity index (χ1n) is 25.8. The summed E-state index contributed by atoms with van der Waals surface area (Å²) in [5, 5.41) is 0. The summed E-state index contributed by atoms with van der Waals surface area (Å²) in [5.41, 5.74) is 0. The smallest absolute Gasteiger partial charge is 0.306 e. The van der Waals surface area contributed by atoms with Gasteiger partial charge in [-0.15, -0.1) is 0 Å². The second-order valence-electron chi connectivity index (χ2n) is 17.1. The molecule has 0 bridgehead atoms. The van der Waals surface area contributed by atoms with Crippen LogP contribution in [0.3, 0.4) is 0 Å². The lowest BCUT2D eigenvalue weighted by atomic mass is 10.0. The summed E-state index contributed by atoms with van der Waals surface area (Å²) in [6, 6.07) is 0. The van der Waals surface area contributed by atoms with Gasteiger partial charge in [-0.3, -0.25) is 14.4 Å². The molecule has 0 rings (SSSR count). The Morgan fingerprint density at radius 1 is 0.344 bits per heavy atom. The Balaban J connectivity index is 4.44. The Hall–Kier alpha value is -2.89. The first-order valence-corrected chi connectivity index (χ1v) is 25.8. The number of allylic oxidation sites excluding steroid dienone is 10. The molecule has 61 heavy (non-hydrogen) atoms. The average molecular weight is 853 g/mol. The van der Waals surface area contributed by atoms with Crippen molar-refractivity contribution < 1.29 is 28.6 Å². The molecule has 0 aromatic heterocycles. The quantitative estimate of drug-likeness (QED) is 0.0263. The maximum absolute atomic E-state index is 12.8. The Kier molecular flexibility index (Phi) is 47.4. The fourth-order valence-electron chi connectivity index (χ4n) is 7.13. The second-order valence-corrected chi connectivity index (χ2v) is 17.1. The molecule has 6 heteroatoms. The van der Waals surface area contributed by atoms with Gasteiger partial charge >= 0.3 is 17.9 Å². The number of hydrogen-bond donors (Lipinski definition) is 0. The van der Waals surface area contributed by atoms with Crippen molar-refractivity contribution in [1.82, 2.24) is 0 Å². The average Bonchev–Trinajstić information content (AvgIpc) is 3.26. The molecule has 0 saturated heterocycles. The zero-order chi connectivity index (χ0) is 44.4. The maximum Gasteiger partial charge on any atom is 0.306 e. The molecule has 0 radical (unpaired) electrons. The molecule has 0 spiro atoms. The van der Waals surface area contributed by atoms with Gasteiger partial charge in [0.15, 0.2) is 6.10 Å². The number of rotatable bonds is 46. The van der Waals surface area contributed by atoms with Crippen LogP contribution in [0.5, 0.6) is 0 Å². The monoisotopic (exact) mass is 853 g/mol. The lowest BCUT2D eigenvalue weighted by molar-refractivity contribution is -0.167. The van der Waals surface area contributed by atoms with Crippen molar-refractivity contribution in [2.45, 2.75) is 258 Å². The summed E-state index contributed by atoms with van der Waals surface area (Å²) in [7, 11) is 0. The lowest BCUT2D eigenvalue weighted by Gasteiger charge is -2.18. The van der Waals surface area contributed by atoms with E-state index in [-0.39, 0.29) is 31.1 Å². The number of esters is 3. The fraction of sp³-hybridized carbons (Fsp3) is 0.764. The highest BCUT2D eigenvalue weighted by molar-refractivity contribution is 5.71. The molecule has 0 aliphatic rings. The van der Waals surface area contributed by atoms with Crippen molar-refractivity contribution in [1.29, 1.82) is 0 Å². The molecule has 1 atom stereocenters. The van der Waals surface area contributed by atoms with Crippen LogP contribution in [0, 0.1) is 0 Å². The van der Waals surface area contributed by atoms with Gasteiger partial charge in [0.25, 0.3) is 0 Å². The third-order valence-corrected chi connectivity index (χ3v) is 11.0. The SMILES string of the molecule is CC/C=C\C/C=C\C/C=C\C/C=C\CCCCC(=O)OCC(COC(=O)CCCCCCC/C=C\CCCCCC)OC(=O)CCCCCCCCCCCCCCCCC. The normalized spacial score (nSPS) is 12.5. The molecule has 0 aliphatic heterocycles. The third-order valence-electron chi connectivity index (χ3n) is 11.0. The minimum absolute atomic E-state index is 0.0900. The summed E-state index contributed by atoms with van der Waals surface area (Å²) in [5.74, 6) is -0.935. The summed E-state index contributed by atoms with van der Waals surface area (Å²) >= 11 is 0. The van der Waals surface area contributed by atoms with Crippen LogP contribution in [-0.2, 0) is 28.6 Å². The van der Waals surface area contributed by atoms with Crippen molar-refractivity contribution in [3.05, 3.63) is 60.8 Å². The van der Waals surface area contributed by atoms with Crippen LogP contribution in [0.15, 0.2) is 60.8 Å². The van der Waals surface area contributed by atoms with Gasteiger partial charge in [-0.2, -0.15) is 0 Å². The molecule has 0 aromatic rings. The van der Waals surface area contributed by atoms with Crippen molar-refractivity contribution in [3.8, 4) is 0 Å². The molecule has 6 nitrogen and oxygen atoms in total. The van der Waals surface area contributed by atoms with Gasteiger partial charge in [-0.05, 0) is 83.5 Å². The van der Waals surface area contributed by atoms with Crippen LogP contribution in [0.25, 0.3) is 0 Å². The zero-order valence-corrected chi connectivity index (χ0v) is 40.2. The van der Waals surface area contributed by atoms with Gasteiger partial charge in [0, 0.05) is 19.3 Å². The molecule has 0 aliphatic carbocycles. The summed E-state index contributed by atoms with van der Waals surface area (Å²) in [4.78, 5) is 37.9. The lowest BCUT2D eigenvalue weighted by Crippen LogP contribution is -2.30. The predicted molar refractivity (Wildman–Crippen MR) is 261 cm³/mol. The topological polar surface area (TPSA) is 78.9 Å². The van der Waals surface area contributed by atoms with Gasteiger partial charge in [0.2, 0.25) is 0 Å². The van der Waals surface area contributed by atoms with Crippen molar-refractivity contribution in [2.24, 2.45) is 0 Å². The standard InChI is InChI=1S/C55H96O6/c1-4-7-10-13-16-19-22-25-27-30-33-36-39-42-45-48-54(57)60-51-52(50-59-53(56)47-44-41-38-35-32-29-24-21-18-15-12-9-6-3)61-55(58)49-46-43-40-37-34-31-28-26-23-20-17-14-11-8-5-2/h7,10,16,19,21,24-25,27,33,36,52H,4-6,8-9,11-15,17-18,20,22-23,26,28-32,34-35,37-51H2,1-3H3/b10-7-,19-16-,24-21-,27-25-,36-33-. The largest absolute Gasteiger partial charge is 0.462 e. The number of unbranched alkanes of at least 4 members (excludes halogenated alkanes) is 25. The van der Waals surface area contributed by atoms with E-state index >= 15 is 0 Å². The second kappa shape index (κ2) is 49.8. The van der Waals surface area contributed by atoms with E-state index in [2.05, 4.69) is 81.5 Å². The van der Waals surface area contributed by atoms with Crippen molar-refractivity contribution in [3.63, 3.8) is 0 Å². The first-order chi connectivity index (χ1) is 30.0. The van der Waals surface area contributed by atoms with E-state index in [1.165, 1.54) is 122 Å². The maximum atomic E-state index is 12.8. The Morgan fingerprint density at radius 3 is 1.07 bits per heavy atom. The molecule has 0 fully saturated rings. The highest BCUT2D eigenvalue weighted by atomic mass is 16.6. The highest BCUT2D eigenvalue weighted by Crippen LogP contribution is 2.15. The predicted octanol–water partition coefficient (Wildman–Crippen LogP) is 16.9. The van der Waals surface area contributed by atoms with Crippen LogP contribution in [0.4, 0.5) is 0 Å². The third kappa shape index (κ3) is 48.0. The first kappa shape index (κ1) is 58.1. The summed E-state index contributed by atoms with van der Waals surface area (Å²) in [6.45, 7) is 6.48.